The Kier molecular flexibility index (Phi) is 3.97. The van der Waals surface area contributed by atoms with Crippen LogP contribution in [-0.2, 0) is 6.42 Å². The molecule has 0 bridgehead atoms. The largest absolute Gasteiger partial charge is 0.271 e. The predicted molar refractivity (Wildman–Crippen MR) is 68.0 cm³/mol. The molecule has 1 aromatic carbocycles. The Bertz CT molecular complexity index is 331. The lowest BCUT2D eigenvalue weighted by Crippen LogP contribution is -2.43. The standard InChI is InChI=1S/C14H22N2/c1-11-5-2-3-6-12(11)9-10-14(16-15)13-7-4-8-13/h2-3,5-6,13-14,16H,4,7-10,15H2,1H3. The zero-order valence-electron chi connectivity index (χ0n) is 10.1. The molecule has 88 valence electrons. The molecule has 0 aliphatic heterocycles. The van der Waals surface area contributed by atoms with Gasteiger partial charge < -0.3 is 0 Å². The third kappa shape index (κ3) is 2.63. The van der Waals surface area contributed by atoms with Gasteiger partial charge in [-0.05, 0) is 49.7 Å². The van der Waals surface area contributed by atoms with Gasteiger partial charge in [-0.2, -0.15) is 0 Å². The molecular weight excluding hydrogens is 196 g/mol. The SMILES string of the molecule is Cc1ccccc1CCC(NN)C1CCC1. The van der Waals surface area contributed by atoms with Crippen molar-refractivity contribution in [1.29, 1.82) is 0 Å². The zero-order chi connectivity index (χ0) is 11.4. The van der Waals surface area contributed by atoms with Gasteiger partial charge in [0.15, 0.2) is 0 Å². The molecule has 2 heteroatoms. The van der Waals surface area contributed by atoms with Crippen LogP contribution in [0.25, 0.3) is 0 Å². The highest BCUT2D eigenvalue weighted by molar-refractivity contribution is 5.25. The van der Waals surface area contributed by atoms with Crippen LogP contribution in [0.2, 0.25) is 0 Å². The summed E-state index contributed by atoms with van der Waals surface area (Å²) < 4.78 is 0. The maximum atomic E-state index is 5.64. The Labute approximate surface area is 98.2 Å². The van der Waals surface area contributed by atoms with Crippen molar-refractivity contribution in [3.05, 3.63) is 35.4 Å². The van der Waals surface area contributed by atoms with Gasteiger partial charge in [0.2, 0.25) is 0 Å². The summed E-state index contributed by atoms with van der Waals surface area (Å²) >= 11 is 0. The molecule has 0 aromatic heterocycles. The number of hydrogen-bond donors (Lipinski definition) is 2. The second-order valence-corrected chi connectivity index (χ2v) is 4.93. The topological polar surface area (TPSA) is 38.0 Å². The van der Waals surface area contributed by atoms with Crippen LogP contribution < -0.4 is 11.3 Å². The first-order valence-electron chi connectivity index (χ1n) is 6.32. The second kappa shape index (κ2) is 5.46. The molecule has 1 aliphatic rings. The quantitative estimate of drug-likeness (QED) is 0.589. The number of hydrogen-bond acceptors (Lipinski definition) is 2. The van der Waals surface area contributed by atoms with Gasteiger partial charge >= 0.3 is 0 Å². The average Bonchev–Trinajstić information content (AvgIpc) is 2.23. The van der Waals surface area contributed by atoms with E-state index in [4.69, 9.17) is 5.84 Å². The van der Waals surface area contributed by atoms with Crippen molar-refractivity contribution in [3.8, 4) is 0 Å². The first-order chi connectivity index (χ1) is 7.81. The summed E-state index contributed by atoms with van der Waals surface area (Å²) in [6.45, 7) is 2.18. The Morgan fingerprint density at radius 3 is 2.69 bits per heavy atom. The molecule has 1 aromatic rings. The van der Waals surface area contributed by atoms with Gasteiger partial charge in [-0.15, -0.1) is 0 Å². The number of hydrazine groups is 1. The van der Waals surface area contributed by atoms with E-state index in [1.54, 1.807) is 0 Å². The van der Waals surface area contributed by atoms with Crippen LogP contribution in [0, 0.1) is 12.8 Å². The first-order valence-corrected chi connectivity index (χ1v) is 6.32. The van der Waals surface area contributed by atoms with E-state index in [0.717, 1.165) is 18.8 Å². The summed E-state index contributed by atoms with van der Waals surface area (Å²) in [5.41, 5.74) is 5.85. The molecule has 1 fully saturated rings. The molecule has 0 heterocycles. The Balaban J connectivity index is 1.88. The summed E-state index contributed by atoms with van der Waals surface area (Å²) in [6.07, 6.45) is 6.38. The van der Waals surface area contributed by atoms with Crippen molar-refractivity contribution in [2.45, 2.75) is 45.1 Å². The molecule has 16 heavy (non-hydrogen) atoms. The fourth-order valence-corrected chi connectivity index (χ4v) is 2.50. The molecule has 1 aliphatic carbocycles. The van der Waals surface area contributed by atoms with Crippen LogP contribution in [0.1, 0.15) is 36.8 Å². The number of aryl methyl sites for hydroxylation is 2. The number of benzene rings is 1. The van der Waals surface area contributed by atoms with Gasteiger partial charge in [-0.3, -0.25) is 11.3 Å². The normalized spacial score (nSPS) is 18.1. The van der Waals surface area contributed by atoms with Crippen molar-refractivity contribution < 1.29 is 0 Å². The number of rotatable bonds is 5. The van der Waals surface area contributed by atoms with E-state index in [9.17, 15) is 0 Å². The molecule has 1 saturated carbocycles. The lowest BCUT2D eigenvalue weighted by Gasteiger charge is -2.33. The maximum absolute atomic E-state index is 5.64. The minimum absolute atomic E-state index is 0.508. The van der Waals surface area contributed by atoms with Crippen LogP contribution >= 0.6 is 0 Å². The van der Waals surface area contributed by atoms with Gasteiger partial charge in [0, 0.05) is 6.04 Å². The monoisotopic (exact) mass is 218 g/mol. The van der Waals surface area contributed by atoms with Gasteiger partial charge in [-0.1, -0.05) is 30.7 Å². The Hall–Kier alpha value is -0.860. The summed E-state index contributed by atoms with van der Waals surface area (Å²) in [5.74, 6) is 6.45. The molecule has 0 amide bonds. The maximum Gasteiger partial charge on any atom is 0.0241 e. The molecule has 0 saturated heterocycles. The Morgan fingerprint density at radius 2 is 2.12 bits per heavy atom. The minimum Gasteiger partial charge on any atom is -0.271 e. The highest BCUT2D eigenvalue weighted by Crippen LogP contribution is 2.31. The van der Waals surface area contributed by atoms with E-state index >= 15 is 0 Å². The van der Waals surface area contributed by atoms with Crippen molar-refractivity contribution in [2.24, 2.45) is 11.8 Å². The van der Waals surface area contributed by atoms with E-state index in [1.165, 1.54) is 30.4 Å². The highest BCUT2D eigenvalue weighted by atomic mass is 15.2. The molecule has 1 atom stereocenters. The molecule has 2 nitrogen and oxygen atoms in total. The van der Waals surface area contributed by atoms with Gasteiger partial charge in [-0.25, -0.2) is 0 Å². The molecule has 1 unspecified atom stereocenters. The van der Waals surface area contributed by atoms with Gasteiger partial charge in [0.05, 0.1) is 0 Å². The van der Waals surface area contributed by atoms with E-state index in [1.807, 2.05) is 0 Å². The van der Waals surface area contributed by atoms with Crippen LogP contribution in [0.4, 0.5) is 0 Å². The van der Waals surface area contributed by atoms with Gasteiger partial charge in [0.1, 0.15) is 0 Å². The summed E-state index contributed by atoms with van der Waals surface area (Å²) in [5, 5.41) is 0. The summed E-state index contributed by atoms with van der Waals surface area (Å²) in [7, 11) is 0. The van der Waals surface area contributed by atoms with Crippen LogP contribution in [0.5, 0.6) is 0 Å². The lowest BCUT2D eigenvalue weighted by atomic mass is 9.78. The minimum atomic E-state index is 0.508. The molecular formula is C14H22N2. The predicted octanol–water partition coefficient (Wildman–Crippen LogP) is 2.56. The van der Waals surface area contributed by atoms with Crippen LogP contribution in [-0.4, -0.2) is 6.04 Å². The third-order valence-electron chi connectivity index (χ3n) is 3.92. The first kappa shape index (κ1) is 11.6. The summed E-state index contributed by atoms with van der Waals surface area (Å²) in [6, 6.07) is 9.14. The number of nitrogens with two attached hydrogens (primary N) is 1. The molecule has 3 N–H and O–H groups in total. The van der Waals surface area contributed by atoms with Crippen molar-refractivity contribution in [3.63, 3.8) is 0 Å². The highest BCUT2D eigenvalue weighted by Gasteiger charge is 2.25. The number of nitrogens with one attached hydrogen (secondary N) is 1. The van der Waals surface area contributed by atoms with E-state index in [2.05, 4.69) is 36.6 Å². The molecule has 0 spiro atoms. The van der Waals surface area contributed by atoms with Crippen LogP contribution in [0.3, 0.4) is 0 Å². The van der Waals surface area contributed by atoms with E-state index in [0.29, 0.717) is 6.04 Å². The fraction of sp³-hybridized carbons (Fsp3) is 0.571. The van der Waals surface area contributed by atoms with Gasteiger partial charge in [0.25, 0.3) is 0 Å². The van der Waals surface area contributed by atoms with Crippen molar-refractivity contribution in [1.82, 2.24) is 5.43 Å². The molecule has 2 rings (SSSR count). The van der Waals surface area contributed by atoms with Crippen molar-refractivity contribution >= 4 is 0 Å². The molecule has 0 radical (unpaired) electrons. The zero-order valence-corrected chi connectivity index (χ0v) is 10.1. The lowest BCUT2D eigenvalue weighted by molar-refractivity contribution is 0.221. The van der Waals surface area contributed by atoms with E-state index in [-0.39, 0.29) is 0 Å². The Morgan fingerprint density at radius 1 is 1.38 bits per heavy atom. The second-order valence-electron chi connectivity index (χ2n) is 4.93. The fourth-order valence-electron chi connectivity index (χ4n) is 2.50. The summed E-state index contributed by atoms with van der Waals surface area (Å²) in [4.78, 5) is 0. The van der Waals surface area contributed by atoms with Crippen LogP contribution in [0.15, 0.2) is 24.3 Å². The third-order valence-corrected chi connectivity index (χ3v) is 3.92. The average molecular weight is 218 g/mol. The van der Waals surface area contributed by atoms with Crippen molar-refractivity contribution in [2.75, 3.05) is 0 Å². The smallest absolute Gasteiger partial charge is 0.0241 e. The van der Waals surface area contributed by atoms with E-state index < -0.39 is 0 Å².